The molecule has 2 heterocycles. The van der Waals surface area contributed by atoms with Gasteiger partial charge in [-0.05, 0) is 31.5 Å². The van der Waals surface area contributed by atoms with Gasteiger partial charge in [0, 0.05) is 38.3 Å². The second-order valence-electron chi connectivity index (χ2n) is 6.26. The largest absolute Gasteiger partial charge is 0.494 e. The van der Waals surface area contributed by atoms with Gasteiger partial charge in [0.15, 0.2) is 11.6 Å². The Labute approximate surface area is 152 Å². The van der Waals surface area contributed by atoms with Gasteiger partial charge in [-0.2, -0.15) is 5.10 Å². The number of methoxy groups -OCH3 is 1. The third-order valence-electron chi connectivity index (χ3n) is 4.63. The fourth-order valence-corrected chi connectivity index (χ4v) is 3.18. The van der Waals surface area contributed by atoms with E-state index in [1.165, 1.54) is 25.3 Å². The van der Waals surface area contributed by atoms with Crippen molar-refractivity contribution in [2.24, 2.45) is 0 Å². The lowest BCUT2D eigenvalue weighted by Gasteiger charge is -2.22. The third-order valence-corrected chi connectivity index (χ3v) is 4.63. The van der Waals surface area contributed by atoms with Crippen LogP contribution in [0.1, 0.15) is 29.5 Å². The number of aromatic nitrogens is 3. The van der Waals surface area contributed by atoms with Gasteiger partial charge in [0.2, 0.25) is 0 Å². The lowest BCUT2D eigenvalue weighted by molar-refractivity contribution is 0.0760. The van der Waals surface area contributed by atoms with Crippen molar-refractivity contribution in [3.8, 4) is 5.75 Å². The van der Waals surface area contributed by atoms with E-state index in [9.17, 15) is 9.18 Å². The van der Waals surface area contributed by atoms with E-state index in [-0.39, 0.29) is 11.7 Å². The second-order valence-corrected chi connectivity index (χ2v) is 6.26. The Morgan fingerprint density at radius 2 is 2.12 bits per heavy atom. The normalized spacial score (nSPS) is 15.7. The monoisotopic (exact) mass is 361 g/mol. The van der Waals surface area contributed by atoms with Crippen LogP contribution in [0.15, 0.2) is 24.5 Å². The van der Waals surface area contributed by atoms with Crippen molar-refractivity contribution in [3.05, 3.63) is 41.7 Å². The van der Waals surface area contributed by atoms with E-state index < -0.39 is 5.82 Å². The molecule has 0 saturated carbocycles. The first kappa shape index (κ1) is 18.3. The van der Waals surface area contributed by atoms with Crippen molar-refractivity contribution < 1.29 is 13.9 Å². The van der Waals surface area contributed by atoms with E-state index in [2.05, 4.69) is 15.0 Å². The molecular weight excluding hydrogens is 337 g/mol. The van der Waals surface area contributed by atoms with Gasteiger partial charge in [-0.15, -0.1) is 0 Å². The zero-order chi connectivity index (χ0) is 18.5. The van der Waals surface area contributed by atoms with Gasteiger partial charge in [0.25, 0.3) is 5.91 Å². The van der Waals surface area contributed by atoms with Gasteiger partial charge in [-0.1, -0.05) is 0 Å². The Balaban J connectivity index is 1.64. The number of nitrogens with zero attached hydrogens (tertiary/aromatic N) is 5. The molecule has 3 rings (SSSR count). The number of halogens is 1. The van der Waals surface area contributed by atoms with Crippen LogP contribution in [-0.4, -0.2) is 63.8 Å². The minimum absolute atomic E-state index is 0.0891. The highest BCUT2D eigenvalue weighted by Gasteiger charge is 2.22. The fourth-order valence-electron chi connectivity index (χ4n) is 3.18. The maximum absolute atomic E-state index is 13.6. The minimum Gasteiger partial charge on any atom is -0.494 e. The molecule has 1 aromatic heterocycles. The Bertz CT molecular complexity index is 764. The van der Waals surface area contributed by atoms with Crippen molar-refractivity contribution in [2.75, 3.05) is 33.3 Å². The predicted octanol–water partition coefficient (Wildman–Crippen LogP) is 1.79. The van der Waals surface area contributed by atoms with Gasteiger partial charge in [0.05, 0.1) is 13.7 Å². The summed E-state index contributed by atoms with van der Waals surface area (Å²) in [6, 6.07) is 4.24. The predicted molar refractivity (Wildman–Crippen MR) is 94.4 cm³/mol. The van der Waals surface area contributed by atoms with Crippen LogP contribution in [0.3, 0.4) is 0 Å². The molecular formula is C18H24FN5O2. The molecule has 26 heavy (non-hydrogen) atoms. The molecule has 1 fully saturated rings. The maximum atomic E-state index is 13.6. The summed E-state index contributed by atoms with van der Waals surface area (Å²) in [6.45, 7) is 6.51. The highest BCUT2D eigenvalue weighted by atomic mass is 19.1. The molecule has 1 aliphatic heterocycles. The molecule has 140 valence electrons. The number of ether oxygens (including phenoxy) is 1. The second kappa shape index (κ2) is 8.27. The average Bonchev–Trinajstić information content (AvgIpc) is 2.97. The van der Waals surface area contributed by atoms with E-state index in [4.69, 9.17) is 4.74 Å². The van der Waals surface area contributed by atoms with Crippen molar-refractivity contribution in [3.63, 3.8) is 0 Å². The molecule has 1 aliphatic rings. The summed E-state index contributed by atoms with van der Waals surface area (Å²) in [5, 5.41) is 4.20. The van der Waals surface area contributed by atoms with Crippen LogP contribution in [0.25, 0.3) is 0 Å². The molecule has 0 aliphatic carbocycles. The first-order valence-corrected chi connectivity index (χ1v) is 8.84. The number of amides is 1. The number of carbonyl (C=O) groups is 1. The van der Waals surface area contributed by atoms with Crippen LogP contribution < -0.4 is 4.74 Å². The number of hydrogen-bond acceptors (Lipinski definition) is 5. The van der Waals surface area contributed by atoms with Gasteiger partial charge in [0.1, 0.15) is 12.2 Å². The van der Waals surface area contributed by atoms with Gasteiger partial charge in [-0.25, -0.2) is 14.1 Å². The molecule has 1 amide bonds. The van der Waals surface area contributed by atoms with E-state index in [0.717, 1.165) is 38.4 Å². The average molecular weight is 361 g/mol. The SMILES string of the molecule is CCn1ncnc1CN1CCCN(C(=O)c2ccc(F)c(OC)c2)CC1. The Morgan fingerprint density at radius 3 is 2.88 bits per heavy atom. The quantitative estimate of drug-likeness (QED) is 0.813. The summed E-state index contributed by atoms with van der Waals surface area (Å²) in [7, 11) is 1.39. The fraction of sp³-hybridized carbons (Fsp3) is 0.500. The maximum Gasteiger partial charge on any atom is 0.254 e. The molecule has 0 spiro atoms. The van der Waals surface area contributed by atoms with E-state index >= 15 is 0 Å². The summed E-state index contributed by atoms with van der Waals surface area (Å²) in [5.74, 6) is 0.467. The number of aryl methyl sites for hydroxylation is 1. The number of benzene rings is 1. The topological polar surface area (TPSA) is 63.5 Å². The van der Waals surface area contributed by atoms with Crippen molar-refractivity contribution in [2.45, 2.75) is 26.4 Å². The highest BCUT2D eigenvalue weighted by Crippen LogP contribution is 2.20. The molecule has 1 aromatic carbocycles. The van der Waals surface area contributed by atoms with Crippen LogP contribution >= 0.6 is 0 Å². The highest BCUT2D eigenvalue weighted by molar-refractivity contribution is 5.94. The Kier molecular flexibility index (Phi) is 5.82. The van der Waals surface area contributed by atoms with Gasteiger partial charge >= 0.3 is 0 Å². The molecule has 0 N–H and O–H groups in total. The standard InChI is InChI=1S/C18H24FN5O2/c1-3-24-17(20-13-21-24)12-22-7-4-8-23(10-9-22)18(25)14-5-6-15(19)16(11-14)26-2/h5-6,11,13H,3-4,7-10,12H2,1-2H3. The molecule has 0 radical (unpaired) electrons. The van der Waals surface area contributed by atoms with Crippen LogP contribution in [0.4, 0.5) is 4.39 Å². The Hall–Kier alpha value is -2.48. The summed E-state index contributed by atoms with van der Waals surface area (Å²) in [5.41, 5.74) is 0.447. The number of carbonyl (C=O) groups excluding carboxylic acids is 1. The summed E-state index contributed by atoms with van der Waals surface area (Å²) in [6.07, 6.45) is 2.46. The van der Waals surface area contributed by atoms with E-state index in [0.29, 0.717) is 18.7 Å². The zero-order valence-electron chi connectivity index (χ0n) is 15.2. The molecule has 7 nitrogen and oxygen atoms in total. The molecule has 0 atom stereocenters. The van der Waals surface area contributed by atoms with Crippen molar-refractivity contribution in [1.82, 2.24) is 24.6 Å². The summed E-state index contributed by atoms with van der Waals surface area (Å²) in [4.78, 5) is 21.2. The van der Waals surface area contributed by atoms with Crippen LogP contribution in [0, 0.1) is 5.82 Å². The number of hydrogen-bond donors (Lipinski definition) is 0. The smallest absolute Gasteiger partial charge is 0.254 e. The molecule has 1 saturated heterocycles. The summed E-state index contributed by atoms with van der Waals surface area (Å²) < 4.78 is 20.4. The molecule has 0 unspecified atom stereocenters. The lowest BCUT2D eigenvalue weighted by Crippen LogP contribution is -2.35. The first-order chi connectivity index (χ1) is 12.6. The van der Waals surface area contributed by atoms with Crippen LogP contribution in [-0.2, 0) is 13.1 Å². The van der Waals surface area contributed by atoms with Crippen LogP contribution in [0.5, 0.6) is 5.75 Å². The van der Waals surface area contributed by atoms with E-state index in [1.54, 1.807) is 6.33 Å². The Morgan fingerprint density at radius 1 is 1.27 bits per heavy atom. The first-order valence-electron chi connectivity index (χ1n) is 8.84. The minimum atomic E-state index is -0.467. The molecule has 8 heteroatoms. The zero-order valence-corrected chi connectivity index (χ0v) is 15.2. The van der Waals surface area contributed by atoms with Gasteiger partial charge in [-0.3, -0.25) is 9.69 Å². The molecule has 2 aromatic rings. The lowest BCUT2D eigenvalue weighted by atomic mass is 10.1. The summed E-state index contributed by atoms with van der Waals surface area (Å²) >= 11 is 0. The van der Waals surface area contributed by atoms with Crippen LogP contribution in [0.2, 0.25) is 0 Å². The van der Waals surface area contributed by atoms with Gasteiger partial charge < -0.3 is 9.64 Å². The number of rotatable bonds is 5. The van der Waals surface area contributed by atoms with Crippen molar-refractivity contribution in [1.29, 1.82) is 0 Å². The molecule has 0 bridgehead atoms. The van der Waals surface area contributed by atoms with Crippen molar-refractivity contribution >= 4 is 5.91 Å². The third kappa shape index (κ3) is 4.01. The van der Waals surface area contributed by atoms with E-state index in [1.807, 2.05) is 16.5 Å².